The highest BCUT2D eigenvalue weighted by Gasteiger charge is 2.29. The first kappa shape index (κ1) is 19.9. The van der Waals surface area contributed by atoms with Crippen LogP contribution in [0.25, 0.3) is 11.4 Å². The van der Waals surface area contributed by atoms with Gasteiger partial charge in [0.1, 0.15) is 0 Å². The third-order valence-corrected chi connectivity index (χ3v) is 6.50. The normalized spacial score (nSPS) is 19.7. The van der Waals surface area contributed by atoms with E-state index in [1.807, 2.05) is 30.3 Å². The quantitative estimate of drug-likeness (QED) is 0.677. The lowest BCUT2D eigenvalue weighted by Gasteiger charge is -2.32. The molecule has 1 aromatic heterocycles. The Balaban J connectivity index is 1.13. The first-order valence-corrected chi connectivity index (χ1v) is 11.2. The second kappa shape index (κ2) is 9.02. The Morgan fingerprint density at radius 1 is 1.03 bits per heavy atom. The third kappa shape index (κ3) is 4.54. The van der Waals surface area contributed by atoms with Gasteiger partial charge < -0.3 is 9.84 Å². The summed E-state index contributed by atoms with van der Waals surface area (Å²) in [6, 6.07) is 18.5. The molecule has 2 heterocycles. The van der Waals surface area contributed by atoms with Gasteiger partial charge in [-0.25, -0.2) is 0 Å². The first-order chi connectivity index (χ1) is 15.3. The van der Waals surface area contributed by atoms with Crippen molar-refractivity contribution in [1.82, 2.24) is 20.4 Å². The van der Waals surface area contributed by atoms with E-state index in [0.29, 0.717) is 18.3 Å². The van der Waals surface area contributed by atoms with Crippen LogP contribution in [-0.4, -0.2) is 34.0 Å². The van der Waals surface area contributed by atoms with Gasteiger partial charge in [0.15, 0.2) is 0 Å². The van der Waals surface area contributed by atoms with Crippen LogP contribution in [0.2, 0.25) is 0 Å². The molecule has 0 spiro atoms. The van der Waals surface area contributed by atoms with Crippen molar-refractivity contribution in [2.75, 3.05) is 13.1 Å². The zero-order valence-corrected chi connectivity index (χ0v) is 17.7. The summed E-state index contributed by atoms with van der Waals surface area (Å²) in [7, 11) is 0. The molecule has 1 N–H and O–H groups in total. The van der Waals surface area contributed by atoms with Gasteiger partial charge in [-0.15, -0.1) is 0 Å². The number of carbonyl (C=O) groups is 1. The van der Waals surface area contributed by atoms with Crippen LogP contribution in [0.15, 0.2) is 59.1 Å². The van der Waals surface area contributed by atoms with E-state index >= 15 is 0 Å². The van der Waals surface area contributed by atoms with Crippen molar-refractivity contribution in [1.29, 1.82) is 0 Å². The smallest absolute Gasteiger partial charge is 0.241 e. The lowest BCUT2D eigenvalue weighted by atomic mass is 9.87. The molecule has 2 aliphatic rings. The van der Waals surface area contributed by atoms with Gasteiger partial charge in [-0.3, -0.25) is 9.69 Å². The highest BCUT2D eigenvalue weighted by Crippen LogP contribution is 2.30. The van der Waals surface area contributed by atoms with E-state index in [9.17, 15) is 4.79 Å². The molecular formula is C25H28N4O2. The topological polar surface area (TPSA) is 71.3 Å². The molecule has 1 atom stereocenters. The second-order valence-corrected chi connectivity index (χ2v) is 8.58. The maximum atomic E-state index is 12.9. The summed E-state index contributed by atoms with van der Waals surface area (Å²) in [5.41, 5.74) is 3.63. The highest BCUT2D eigenvalue weighted by atomic mass is 16.5. The molecule has 1 aliphatic carbocycles. The van der Waals surface area contributed by atoms with Crippen LogP contribution in [0.1, 0.15) is 48.7 Å². The minimum atomic E-state index is 0.0768. The molecule has 2 aromatic carbocycles. The molecule has 0 bridgehead atoms. The van der Waals surface area contributed by atoms with Gasteiger partial charge in [0, 0.05) is 11.5 Å². The minimum Gasteiger partial charge on any atom is -0.349 e. The van der Waals surface area contributed by atoms with Crippen molar-refractivity contribution in [3.63, 3.8) is 0 Å². The van der Waals surface area contributed by atoms with Gasteiger partial charge in [-0.05, 0) is 56.3 Å². The average Bonchev–Trinajstić information content (AvgIpc) is 3.29. The number of benzene rings is 2. The molecule has 6 heteroatoms. The number of hydrogen-bond acceptors (Lipinski definition) is 5. The Morgan fingerprint density at radius 2 is 1.81 bits per heavy atom. The summed E-state index contributed by atoms with van der Waals surface area (Å²) < 4.78 is 5.45. The number of aryl methyl sites for hydroxylation is 1. The second-order valence-electron chi connectivity index (χ2n) is 8.58. The lowest BCUT2D eigenvalue weighted by Crippen LogP contribution is -2.41. The Morgan fingerprint density at radius 3 is 2.65 bits per heavy atom. The molecule has 31 heavy (non-hydrogen) atoms. The number of carbonyl (C=O) groups excluding carboxylic acids is 1. The van der Waals surface area contributed by atoms with Gasteiger partial charge in [-0.1, -0.05) is 59.8 Å². The van der Waals surface area contributed by atoms with Crippen LogP contribution in [-0.2, 0) is 17.8 Å². The van der Waals surface area contributed by atoms with Gasteiger partial charge in [-0.2, -0.15) is 4.98 Å². The van der Waals surface area contributed by atoms with E-state index < -0.39 is 0 Å². The molecule has 0 saturated carbocycles. The predicted octanol–water partition coefficient (Wildman–Crippen LogP) is 4.14. The van der Waals surface area contributed by atoms with Crippen LogP contribution in [0.3, 0.4) is 0 Å². The van der Waals surface area contributed by atoms with Gasteiger partial charge in [0.05, 0.1) is 12.6 Å². The number of nitrogens with zero attached hydrogens (tertiary/aromatic N) is 3. The Hall–Kier alpha value is -2.99. The molecule has 160 valence electrons. The van der Waals surface area contributed by atoms with Crippen molar-refractivity contribution < 1.29 is 9.32 Å². The predicted molar refractivity (Wildman–Crippen MR) is 118 cm³/mol. The number of hydrogen-bond donors (Lipinski definition) is 1. The molecule has 5 rings (SSSR count). The van der Waals surface area contributed by atoms with E-state index in [0.717, 1.165) is 50.8 Å². The largest absolute Gasteiger partial charge is 0.349 e. The monoisotopic (exact) mass is 416 g/mol. The van der Waals surface area contributed by atoms with Gasteiger partial charge >= 0.3 is 0 Å². The Bertz CT molecular complexity index is 1020. The van der Waals surface area contributed by atoms with Crippen molar-refractivity contribution >= 4 is 5.91 Å². The van der Waals surface area contributed by atoms with Crippen molar-refractivity contribution in [2.45, 2.75) is 44.7 Å². The molecule has 1 fully saturated rings. The molecule has 3 aromatic rings. The maximum Gasteiger partial charge on any atom is 0.241 e. The summed E-state index contributed by atoms with van der Waals surface area (Å²) in [4.78, 5) is 19.8. The Labute approximate surface area is 182 Å². The molecule has 1 saturated heterocycles. The molecule has 1 amide bonds. The molecule has 6 nitrogen and oxygen atoms in total. The summed E-state index contributed by atoms with van der Waals surface area (Å²) in [6.45, 7) is 2.36. The lowest BCUT2D eigenvalue weighted by molar-refractivity contribution is -0.127. The number of likely N-dealkylation sites (tertiary alicyclic amines) is 1. The van der Waals surface area contributed by atoms with E-state index in [-0.39, 0.29) is 17.9 Å². The fraction of sp³-hybridized carbons (Fsp3) is 0.400. The van der Waals surface area contributed by atoms with Gasteiger partial charge in [0.2, 0.25) is 17.6 Å². The number of aromatic nitrogens is 2. The van der Waals surface area contributed by atoms with Crippen LogP contribution >= 0.6 is 0 Å². The van der Waals surface area contributed by atoms with Crippen molar-refractivity contribution in [3.05, 3.63) is 71.6 Å². The van der Waals surface area contributed by atoms with E-state index in [1.54, 1.807) is 0 Å². The van der Waals surface area contributed by atoms with Crippen LogP contribution < -0.4 is 5.32 Å². The maximum absolute atomic E-state index is 12.9. The van der Waals surface area contributed by atoms with Gasteiger partial charge in [0.25, 0.3) is 0 Å². The van der Waals surface area contributed by atoms with Crippen molar-refractivity contribution in [3.8, 4) is 11.4 Å². The standard InChI is InChI=1S/C25H28N4O2/c30-25(26-22-12-6-10-18-7-4-5-11-21(18)22)20-13-15-29(16-14-20)17-23-27-24(28-31-23)19-8-2-1-3-9-19/h1-5,7-9,11,20,22H,6,10,12-17H2,(H,26,30). The van der Waals surface area contributed by atoms with Crippen LogP contribution in [0.5, 0.6) is 0 Å². The zero-order chi connectivity index (χ0) is 21.0. The number of nitrogens with one attached hydrogen (secondary N) is 1. The van der Waals surface area contributed by atoms with Crippen molar-refractivity contribution in [2.24, 2.45) is 5.92 Å². The van der Waals surface area contributed by atoms with E-state index in [4.69, 9.17) is 4.52 Å². The number of rotatable bonds is 5. The molecule has 1 aliphatic heterocycles. The third-order valence-electron chi connectivity index (χ3n) is 6.50. The molecular weight excluding hydrogens is 388 g/mol. The number of piperidine rings is 1. The summed E-state index contributed by atoms with van der Waals surface area (Å²) in [5.74, 6) is 1.52. The summed E-state index contributed by atoms with van der Waals surface area (Å²) in [5, 5.41) is 7.43. The highest BCUT2D eigenvalue weighted by molar-refractivity contribution is 5.79. The van der Waals surface area contributed by atoms with Crippen LogP contribution in [0, 0.1) is 5.92 Å². The van der Waals surface area contributed by atoms with E-state index in [1.165, 1.54) is 11.1 Å². The fourth-order valence-corrected chi connectivity index (χ4v) is 4.76. The fourth-order valence-electron chi connectivity index (χ4n) is 4.76. The van der Waals surface area contributed by atoms with E-state index in [2.05, 4.69) is 44.6 Å². The summed E-state index contributed by atoms with van der Waals surface area (Å²) >= 11 is 0. The SMILES string of the molecule is O=C(NC1CCCc2ccccc21)C1CCN(Cc2nc(-c3ccccc3)no2)CC1. The first-order valence-electron chi connectivity index (χ1n) is 11.2. The number of fused-ring (bicyclic) bond motifs is 1. The number of amides is 1. The Kier molecular flexibility index (Phi) is 5.80. The summed E-state index contributed by atoms with van der Waals surface area (Å²) in [6.07, 6.45) is 5.00. The average molecular weight is 417 g/mol. The minimum absolute atomic E-state index is 0.0768. The zero-order valence-electron chi connectivity index (χ0n) is 17.7. The molecule has 0 radical (unpaired) electrons. The molecule has 1 unspecified atom stereocenters. The van der Waals surface area contributed by atoms with Crippen LogP contribution in [0.4, 0.5) is 0 Å².